The van der Waals surface area contributed by atoms with Crippen molar-refractivity contribution >= 4 is 34.7 Å². The molecule has 0 saturated carbocycles. The van der Waals surface area contributed by atoms with Gasteiger partial charge >= 0.3 is 0 Å². The molecule has 1 aromatic rings. The number of benzene rings is 1. The maximum Gasteiger partial charge on any atom is 0.259 e. The number of hydrogen-bond acceptors (Lipinski definition) is 4. The number of thiocarbonyl (C=S) groups is 1. The molecular formula is C11H9FN2O3S. The van der Waals surface area contributed by atoms with Crippen molar-refractivity contribution in [1.29, 1.82) is 0 Å². The largest absolute Gasteiger partial charge is 0.389 e. The van der Waals surface area contributed by atoms with Crippen LogP contribution in [0.3, 0.4) is 0 Å². The molecule has 7 heteroatoms. The summed E-state index contributed by atoms with van der Waals surface area (Å²) in [6.45, 7) is -0.378. The third-order valence-corrected chi connectivity index (χ3v) is 2.64. The molecule has 2 rings (SSSR count). The van der Waals surface area contributed by atoms with Crippen molar-refractivity contribution in [2.24, 2.45) is 5.73 Å². The number of morpholine rings is 1. The van der Waals surface area contributed by atoms with Crippen LogP contribution in [0.4, 0.5) is 10.1 Å². The lowest BCUT2D eigenvalue weighted by molar-refractivity contribution is -0.138. The molecule has 1 aliphatic rings. The molecule has 0 unspecified atom stereocenters. The van der Waals surface area contributed by atoms with Crippen molar-refractivity contribution < 1.29 is 18.7 Å². The van der Waals surface area contributed by atoms with Gasteiger partial charge in [-0.15, -0.1) is 0 Å². The maximum atomic E-state index is 13.4. The van der Waals surface area contributed by atoms with Crippen LogP contribution in [0.15, 0.2) is 18.2 Å². The molecule has 1 heterocycles. The van der Waals surface area contributed by atoms with E-state index >= 15 is 0 Å². The molecule has 2 N–H and O–H groups in total. The fraction of sp³-hybridized carbons (Fsp3) is 0.182. The Labute approximate surface area is 107 Å². The number of hydrogen-bond donors (Lipinski definition) is 1. The van der Waals surface area contributed by atoms with E-state index in [4.69, 9.17) is 22.7 Å². The molecule has 1 fully saturated rings. The molecule has 0 atom stereocenters. The van der Waals surface area contributed by atoms with Gasteiger partial charge in [0.15, 0.2) is 0 Å². The topological polar surface area (TPSA) is 72.6 Å². The van der Waals surface area contributed by atoms with Crippen LogP contribution in [-0.4, -0.2) is 30.0 Å². The number of imide groups is 1. The van der Waals surface area contributed by atoms with Crippen molar-refractivity contribution in [2.45, 2.75) is 0 Å². The number of anilines is 1. The van der Waals surface area contributed by atoms with Crippen LogP contribution in [0.1, 0.15) is 5.56 Å². The van der Waals surface area contributed by atoms with Gasteiger partial charge in [0.05, 0.1) is 5.69 Å². The van der Waals surface area contributed by atoms with Crippen LogP contribution in [0.2, 0.25) is 0 Å². The average molecular weight is 268 g/mol. The highest BCUT2D eigenvalue weighted by atomic mass is 32.1. The Hall–Kier alpha value is -1.86. The quantitative estimate of drug-likeness (QED) is 0.619. The third kappa shape index (κ3) is 2.22. The maximum absolute atomic E-state index is 13.4. The van der Waals surface area contributed by atoms with Gasteiger partial charge in [-0.3, -0.25) is 9.59 Å². The summed E-state index contributed by atoms with van der Waals surface area (Å²) < 4.78 is 18.2. The minimum Gasteiger partial charge on any atom is -0.389 e. The number of ether oxygens (including phenoxy) is 1. The highest BCUT2D eigenvalue weighted by Crippen LogP contribution is 2.21. The Morgan fingerprint density at radius 1 is 1.33 bits per heavy atom. The van der Waals surface area contributed by atoms with Gasteiger partial charge in [-0.1, -0.05) is 12.2 Å². The normalized spacial score (nSPS) is 15.9. The number of nitrogens with zero attached hydrogens (tertiary/aromatic N) is 1. The van der Waals surface area contributed by atoms with Gasteiger partial charge in [0.2, 0.25) is 0 Å². The molecular weight excluding hydrogens is 259 g/mol. The Balaban J connectivity index is 2.44. The Kier molecular flexibility index (Phi) is 3.35. The zero-order valence-corrected chi connectivity index (χ0v) is 10.00. The monoisotopic (exact) mass is 268 g/mol. The first-order valence-electron chi connectivity index (χ1n) is 5.03. The first-order valence-corrected chi connectivity index (χ1v) is 5.44. The summed E-state index contributed by atoms with van der Waals surface area (Å²) in [5, 5.41) is 0. The molecule has 1 aromatic carbocycles. The lowest BCUT2D eigenvalue weighted by Gasteiger charge is -2.25. The number of amides is 2. The van der Waals surface area contributed by atoms with Gasteiger partial charge in [-0.05, 0) is 18.2 Å². The third-order valence-electron chi connectivity index (χ3n) is 2.42. The molecule has 0 aromatic heterocycles. The summed E-state index contributed by atoms with van der Waals surface area (Å²) in [5.74, 6) is -1.61. The number of carbonyl (C=O) groups excluding carboxylic acids is 2. The summed E-state index contributed by atoms with van der Waals surface area (Å²) in [7, 11) is 0. The van der Waals surface area contributed by atoms with E-state index in [1.54, 1.807) is 0 Å². The van der Waals surface area contributed by atoms with Crippen molar-refractivity contribution in [3.05, 3.63) is 29.6 Å². The molecule has 1 aliphatic heterocycles. The van der Waals surface area contributed by atoms with Gasteiger partial charge in [-0.25, -0.2) is 9.29 Å². The van der Waals surface area contributed by atoms with E-state index in [-0.39, 0.29) is 29.5 Å². The van der Waals surface area contributed by atoms with Gasteiger partial charge in [0, 0.05) is 5.56 Å². The second-order valence-corrected chi connectivity index (χ2v) is 4.08. The smallest absolute Gasteiger partial charge is 0.259 e. The van der Waals surface area contributed by atoms with E-state index in [2.05, 4.69) is 0 Å². The molecule has 5 nitrogen and oxygen atoms in total. The van der Waals surface area contributed by atoms with Crippen molar-refractivity contribution in [3.63, 3.8) is 0 Å². The van der Waals surface area contributed by atoms with Crippen LogP contribution in [-0.2, 0) is 14.3 Å². The summed E-state index contributed by atoms with van der Waals surface area (Å²) in [4.78, 5) is 24.0. The van der Waals surface area contributed by atoms with E-state index in [0.29, 0.717) is 0 Å². The molecule has 0 radical (unpaired) electrons. The summed E-state index contributed by atoms with van der Waals surface area (Å²) in [6.07, 6.45) is 0. The lowest BCUT2D eigenvalue weighted by Crippen LogP contribution is -2.46. The van der Waals surface area contributed by atoms with Crippen molar-refractivity contribution in [1.82, 2.24) is 0 Å². The Morgan fingerprint density at radius 2 is 1.94 bits per heavy atom. The second kappa shape index (κ2) is 4.79. The molecule has 94 valence electrons. The minimum atomic E-state index is -0.598. The van der Waals surface area contributed by atoms with E-state index in [9.17, 15) is 14.0 Å². The standard InChI is InChI=1S/C11H9FN2O3S/c12-8-2-1-6(3-7(8)11(13)18)14-9(15)4-17-5-10(14)16/h1-3H,4-5H2,(H2,13,18). The molecule has 0 aliphatic carbocycles. The molecule has 0 spiro atoms. The van der Waals surface area contributed by atoms with Crippen LogP contribution >= 0.6 is 12.2 Å². The summed E-state index contributed by atoms with van der Waals surface area (Å²) in [5.41, 5.74) is 5.59. The molecule has 2 amide bonds. The number of halogens is 1. The van der Waals surface area contributed by atoms with Crippen molar-refractivity contribution in [2.75, 3.05) is 18.1 Å². The zero-order valence-electron chi connectivity index (χ0n) is 9.18. The van der Waals surface area contributed by atoms with E-state index < -0.39 is 17.6 Å². The molecule has 1 saturated heterocycles. The Bertz CT molecular complexity index is 531. The average Bonchev–Trinajstić information content (AvgIpc) is 2.30. The zero-order chi connectivity index (χ0) is 13.3. The van der Waals surface area contributed by atoms with Crippen LogP contribution in [0.5, 0.6) is 0 Å². The van der Waals surface area contributed by atoms with Gasteiger partial charge in [-0.2, -0.15) is 0 Å². The van der Waals surface area contributed by atoms with E-state index in [1.807, 2.05) is 0 Å². The van der Waals surface area contributed by atoms with Gasteiger partial charge in [0.1, 0.15) is 24.0 Å². The predicted octanol–water partition coefficient (Wildman–Crippen LogP) is 0.350. The van der Waals surface area contributed by atoms with E-state index in [0.717, 1.165) is 11.0 Å². The highest BCUT2D eigenvalue weighted by Gasteiger charge is 2.28. The number of nitrogens with two attached hydrogens (primary N) is 1. The lowest BCUT2D eigenvalue weighted by atomic mass is 10.1. The molecule has 0 bridgehead atoms. The fourth-order valence-electron chi connectivity index (χ4n) is 1.62. The highest BCUT2D eigenvalue weighted by molar-refractivity contribution is 7.80. The predicted molar refractivity (Wildman–Crippen MR) is 65.6 cm³/mol. The van der Waals surface area contributed by atoms with Crippen molar-refractivity contribution in [3.8, 4) is 0 Å². The SMILES string of the molecule is NC(=S)c1cc(N2C(=O)COCC2=O)ccc1F. The fourth-order valence-corrected chi connectivity index (χ4v) is 1.78. The number of carbonyl (C=O) groups is 2. The van der Waals surface area contributed by atoms with Crippen LogP contribution in [0, 0.1) is 5.82 Å². The summed E-state index contributed by atoms with van der Waals surface area (Å²) in [6, 6.07) is 3.71. The van der Waals surface area contributed by atoms with Gasteiger partial charge < -0.3 is 10.5 Å². The van der Waals surface area contributed by atoms with Crippen LogP contribution in [0.25, 0.3) is 0 Å². The molecule has 18 heavy (non-hydrogen) atoms. The number of rotatable bonds is 2. The first-order chi connectivity index (χ1) is 8.50. The Morgan fingerprint density at radius 3 is 2.50 bits per heavy atom. The second-order valence-electron chi connectivity index (χ2n) is 3.64. The first kappa shape index (κ1) is 12.6. The van der Waals surface area contributed by atoms with Crippen LogP contribution < -0.4 is 10.6 Å². The van der Waals surface area contributed by atoms with Gasteiger partial charge in [0.25, 0.3) is 11.8 Å². The van der Waals surface area contributed by atoms with E-state index in [1.165, 1.54) is 12.1 Å². The minimum absolute atomic E-state index is 0.00501. The summed E-state index contributed by atoms with van der Waals surface area (Å²) >= 11 is 4.69.